The summed E-state index contributed by atoms with van der Waals surface area (Å²) in [5, 5.41) is 8.01. The Kier molecular flexibility index (Phi) is 6.50. The fourth-order valence-electron chi connectivity index (χ4n) is 3.93. The minimum atomic E-state index is -0.391. The van der Waals surface area contributed by atoms with E-state index in [1.807, 2.05) is 59.6 Å². The Bertz CT molecular complexity index is 1190. The van der Waals surface area contributed by atoms with E-state index in [1.54, 1.807) is 27.3 Å². The van der Waals surface area contributed by atoms with Gasteiger partial charge in [-0.2, -0.15) is 5.10 Å². The number of thiophene rings is 1. The normalized spacial score (nSPS) is 15.3. The molecule has 0 fully saturated rings. The van der Waals surface area contributed by atoms with Gasteiger partial charge in [-0.15, -0.1) is 11.3 Å². The van der Waals surface area contributed by atoms with Gasteiger partial charge < -0.3 is 18.9 Å². The SMILES string of the molecule is COc1ccc(OC)c([C@@H]2CC(c3cccn3C)=NN2C(=O)CN(C)C(=O)c2cccs2)c1. The summed E-state index contributed by atoms with van der Waals surface area (Å²) >= 11 is 1.35. The summed E-state index contributed by atoms with van der Waals surface area (Å²) < 4.78 is 13.0. The average Bonchev–Trinajstić information content (AvgIpc) is 3.58. The molecular weight excluding hydrogens is 440 g/mol. The monoisotopic (exact) mass is 466 g/mol. The minimum Gasteiger partial charge on any atom is -0.497 e. The highest BCUT2D eigenvalue weighted by atomic mass is 32.1. The number of ether oxygens (including phenoxy) is 2. The van der Waals surface area contributed by atoms with E-state index < -0.39 is 6.04 Å². The molecule has 2 aromatic heterocycles. The third-order valence-corrected chi connectivity index (χ3v) is 6.51. The van der Waals surface area contributed by atoms with Crippen molar-refractivity contribution in [1.82, 2.24) is 14.5 Å². The van der Waals surface area contributed by atoms with Crippen LogP contribution in [0.25, 0.3) is 0 Å². The summed E-state index contributed by atoms with van der Waals surface area (Å²) in [7, 11) is 6.76. The molecule has 0 aliphatic carbocycles. The van der Waals surface area contributed by atoms with E-state index in [0.29, 0.717) is 22.8 Å². The van der Waals surface area contributed by atoms with Crippen LogP contribution in [-0.2, 0) is 11.8 Å². The molecule has 0 spiro atoms. The molecule has 0 saturated heterocycles. The lowest BCUT2D eigenvalue weighted by molar-refractivity contribution is -0.133. The van der Waals surface area contributed by atoms with Crippen molar-refractivity contribution in [2.45, 2.75) is 12.5 Å². The third-order valence-electron chi connectivity index (χ3n) is 5.65. The lowest BCUT2D eigenvalue weighted by Gasteiger charge is -2.26. The molecule has 9 heteroatoms. The smallest absolute Gasteiger partial charge is 0.264 e. The van der Waals surface area contributed by atoms with E-state index >= 15 is 0 Å². The maximum atomic E-state index is 13.4. The number of rotatable bonds is 7. The van der Waals surface area contributed by atoms with Gasteiger partial charge in [-0.05, 0) is 41.8 Å². The number of nitrogens with zero attached hydrogens (tertiary/aromatic N) is 4. The first-order chi connectivity index (χ1) is 15.9. The molecule has 1 atom stereocenters. The first kappa shape index (κ1) is 22.6. The molecule has 0 saturated carbocycles. The van der Waals surface area contributed by atoms with Crippen LogP contribution >= 0.6 is 11.3 Å². The van der Waals surface area contributed by atoms with Crippen LogP contribution in [0.5, 0.6) is 11.5 Å². The fraction of sp³-hybridized carbons (Fsp3) is 0.292. The Morgan fingerprint density at radius 1 is 1.18 bits per heavy atom. The van der Waals surface area contributed by atoms with Crippen LogP contribution in [-0.4, -0.2) is 59.8 Å². The van der Waals surface area contributed by atoms with Crippen molar-refractivity contribution in [3.05, 3.63) is 70.2 Å². The van der Waals surface area contributed by atoms with Crippen LogP contribution in [0, 0.1) is 0 Å². The Labute approximate surface area is 196 Å². The van der Waals surface area contributed by atoms with Gasteiger partial charge in [0.05, 0.1) is 36.5 Å². The molecule has 0 bridgehead atoms. The average molecular weight is 467 g/mol. The number of benzene rings is 1. The topological polar surface area (TPSA) is 76.4 Å². The quantitative estimate of drug-likeness (QED) is 0.534. The number of hydrogen-bond acceptors (Lipinski definition) is 6. The number of likely N-dealkylation sites (N-methyl/N-ethyl adjacent to an activating group) is 1. The van der Waals surface area contributed by atoms with Gasteiger partial charge in [-0.3, -0.25) is 9.59 Å². The number of amides is 2. The highest BCUT2D eigenvalue weighted by Crippen LogP contribution is 2.39. The summed E-state index contributed by atoms with van der Waals surface area (Å²) in [5.41, 5.74) is 2.52. The molecule has 4 rings (SSSR count). The summed E-state index contributed by atoms with van der Waals surface area (Å²) in [6, 6.07) is 12.6. The van der Waals surface area contributed by atoms with Crippen molar-refractivity contribution in [2.75, 3.05) is 27.8 Å². The lowest BCUT2D eigenvalue weighted by atomic mass is 9.99. The summed E-state index contributed by atoms with van der Waals surface area (Å²) in [5.74, 6) is 0.835. The number of methoxy groups -OCH3 is 2. The molecular formula is C24H26N4O4S. The zero-order valence-electron chi connectivity index (χ0n) is 19.0. The molecule has 33 heavy (non-hydrogen) atoms. The lowest BCUT2D eigenvalue weighted by Crippen LogP contribution is -2.39. The number of hydrazone groups is 1. The van der Waals surface area contributed by atoms with Gasteiger partial charge in [0.25, 0.3) is 11.8 Å². The van der Waals surface area contributed by atoms with E-state index in [4.69, 9.17) is 14.6 Å². The molecule has 2 amide bonds. The number of hydrogen-bond donors (Lipinski definition) is 0. The van der Waals surface area contributed by atoms with Gasteiger partial charge in [0.15, 0.2) is 0 Å². The van der Waals surface area contributed by atoms with Crippen LogP contribution < -0.4 is 9.47 Å². The first-order valence-electron chi connectivity index (χ1n) is 10.4. The Morgan fingerprint density at radius 3 is 2.64 bits per heavy atom. The Balaban J connectivity index is 1.67. The standard InChI is InChI=1S/C24H26N4O4S/c1-26-11-5-7-19(26)18-14-20(17-13-16(31-3)9-10-21(17)32-4)28(25-18)23(29)15-27(2)24(30)22-8-6-12-33-22/h5-13,20H,14-15H2,1-4H3/t20-/m0/s1. The second-order valence-electron chi connectivity index (χ2n) is 7.76. The number of carbonyl (C=O) groups excluding carboxylic acids is 2. The fourth-order valence-corrected chi connectivity index (χ4v) is 4.65. The predicted molar refractivity (Wildman–Crippen MR) is 127 cm³/mol. The van der Waals surface area contributed by atoms with Gasteiger partial charge in [0.1, 0.15) is 18.0 Å². The van der Waals surface area contributed by atoms with Crippen LogP contribution in [0.4, 0.5) is 0 Å². The zero-order valence-corrected chi connectivity index (χ0v) is 19.8. The first-order valence-corrected chi connectivity index (χ1v) is 11.3. The van der Waals surface area contributed by atoms with Crippen LogP contribution in [0.15, 0.2) is 59.1 Å². The van der Waals surface area contributed by atoms with Gasteiger partial charge in [-0.1, -0.05) is 6.07 Å². The molecule has 3 heterocycles. The molecule has 1 aliphatic rings. The van der Waals surface area contributed by atoms with Crippen molar-refractivity contribution in [1.29, 1.82) is 0 Å². The van der Waals surface area contributed by atoms with Crippen molar-refractivity contribution in [2.24, 2.45) is 12.1 Å². The zero-order chi connectivity index (χ0) is 23.5. The largest absolute Gasteiger partial charge is 0.497 e. The van der Waals surface area contributed by atoms with Crippen LogP contribution in [0.2, 0.25) is 0 Å². The van der Waals surface area contributed by atoms with Gasteiger partial charge >= 0.3 is 0 Å². The number of aromatic nitrogens is 1. The van der Waals surface area contributed by atoms with E-state index in [0.717, 1.165) is 17.0 Å². The number of carbonyl (C=O) groups is 2. The molecule has 8 nitrogen and oxygen atoms in total. The highest BCUT2D eigenvalue weighted by Gasteiger charge is 2.36. The van der Waals surface area contributed by atoms with E-state index in [-0.39, 0.29) is 18.4 Å². The number of aryl methyl sites for hydroxylation is 1. The van der Waals surface area contributed by atoms with Crippen LogP contribution in [0.3, 0.4) is 0 Å². The predicted octanol–water partition coefficient (Wildman–Crippen LogP) is 3.55. The van der Waals surface area contributed by atoms with E-state index in [2.05, 4.69) is 0 Å². The van der Waals surface area contributed by atoms with Gasteiger partial charge in [0, 0.05) is 32.3 Å². The second-order valence-corrected chi connectivity index (χ2v) is 8.70. The van der Waals surface area contributed by atoms with Crippen molar-refractivity contribution in [3.8, 4) is 11.5 Å². The molecule has 0 N–H and O–H groups in total. The van der Waals surface area contributed by atoms with Crippen molar-refractivity contribution >= 4 is 28.9 Å². The van der Waals surface area contributed by atoms with Crippen molar-refractivity contribution in [3.63, 3.8) is 0 Å². The maximum absolute atomic E-state index is 13.4. The van der Waals surface area contributed by atoms with Gasteiger partial charge in [0.2, 0.25) is 0 Å². The van der Waals surface area contributed by atoms with Crippen LogP contribution in [0.1, 0.15) is 33.4 Å². The maximum Gasteiger partial charge on any atom is 0.264 e. The second kappa shape index (κ2) is 9.50. The minimum absolute atomic E-state index is 0.0938. The van der Waals surface area contributed by atoms with Gasteiger partial charge in [-0.25, -0.2) is 5.01 Å². The summed E-state index contributed by atoms with van der Waals surface area (Å²) in [6.07, 6.45) is 2.45. The molecule has 1 aliphatic heterocycles. The van der Waals surface area contributed by atoms with E-state index in [9.17, 15) is 9.59 Å². The van der Waals surface area contributed by atoms with E-state index in [1.165, 1.54) is 21.2 Å². The summed E-state index contributed by atoms with van der Waals surface area (Å²) in [6.45, 7) is -0.0938. The molecule has 0 radical (unpaired) electrons. The highest BCUT2D eigenvalue weighted by molar-refractivity contribution is 7.12. The van der Waals surface area contributed by atoms with Crippen molar-refractivity contribution < 1.29 is 19.1 Å². The molecule has 0 unspecified atom stereocenters. The molecule has 3 aromatic rings. The Hall–Kier alpha value is -3.59. The molecule has 172 valence electrons. The molecule has 1 aromatic carbocycles. The Morgan fingerprint density at radius 2 is 2.00 bits per heavy atom. The summed E-state index contributed by atoms with van der Waals surface area (Å²) in [4.78, 5) is 28.1. The third kappa shape index (κ3) is 4.49.